The fourth-order valence-corrected chi connectivity index (χ4v) is 9.66. The van der Waals surface area contributed by atoms with Gasteiger partial charge in [-0.1, -0.05) is 61.5 Å². The largest absolute Gasteiger partial charge is 0.516 e. The van der Waals surface area contributed by atoms with Crippen LogP contribution < -0.4 is 0 Å². The Kier molecular flexibility index (Phi) is 10.4. The van der Waals surface area contributed by atoms with E-state index in [4.69, 9.17) is 8.85 Å². The average Bonchev–Trinajstić information content (AvgIpc) is 3.11. The van der Waals surface area contributed by atoms with E-state index < -0.39 is 28.2 Å². The first-order valence-electron chi connectivity index (χ1n) is 16.2. The van der Waals surface area contributed by atoms with Crippen molar-refractivity contribution < 1.29 is 29.0 Å². The maximum atomic E-state index is 13.7. The van der Waals surface area contributed by atoms with Crippen molar-refractivity contribution in [2.75, 3.05) is 19.8 Å². The van der Waals surface area contributed by atoms with Gasteiger partial charge in [-0.2, -0.15) is 0 Å². The number of allylic oxidation sites excluding steroid dienone is 1. The summed E-state index contributed by atoms with van der Waals surface area (Å²) in [4.78, 5) is 13.7. The number of Topliss-reactive ketones (excluding diaryl/α,β-unsaturated/α-hetero) is 1. The van der Waals surface area contributed by atoms with Crippen LogP contribution in [0.1, 0.15) is 87.5 Å². The number of carbonyl (C=O) groups is 1. The van der Waals surface area contributed by atoms with Crippen LogP contribution in [0, 0.1) is 34.5 Å². The normalized spacial score (nSPS) is 37.0. The van der Waals surface area contributed by atoms with Gasteiger partial charge in [-0.05, 0) is 109 Å². The molecule has 3 aliphatic rings. The molecule has 3 saturated carbocycles. The van der Waals surface area contributed by atoms with E-state index >= 15 is 0 Å². The van der Waals surface area contributed by atoms with E-state index in [1.807, 2.05) is 0 Å². The first-order chi connectivity index (χ1) is 19.1. The summed E-state index contributed by atoms with van der Waals surface area (Å²) in [5.74, 6) is 0.799. The van der Waals surface area contributed by atoms with E-state index in [0.29, 0.717) is 38.0 Å². The number of carbonyl (C=O) groups excluding carboxylic acids is 1. The summed E-state index contributed by atoms with van der Waals surface area (Å²) in [6.45, 7) is 28.3. The van der Waals surface area contributed by atoms with Crippen LogP contribution in [0.3, 0.4) is 0 Å². The van der Waals surface area contributed by atoms with Gasteiger partial charge in [-0.15, -0.1) is 0 Å². The van der Waals surface area contributed by atoms with Crippen LogP contribution in [-0.2, 0) is 13.6 Å². The Balaban J connectivity index is 2.08. The van der Waals surface area contributed by atoms with Gasteiger partial charge in [0.15, 0.2) is 22.4 Å². The lowest BCUT2D eigenvalue weighted by Gasteiger charge is -2.57. The molecule has 0 aromatic heterocycles. The molecule has 0 radical (unpaired) electrons. The molecule has 0 amide bonds. The predicted octanol–water partition coefficient (Wildman–Crippen LogP) is 7.79. The number of ketones is 1. The zero-order valence-electron chi connectivity index (χ0n) is 28.8. The predicted molar refractivity (Wildman–Crippen MR) is 176 cm³/mol. The monoisotopic (exact) mass is 622 g/mol. The number of hydrogen-bond acceptors (Lipinski definition) is 6. The molecule has 0 aromatic rings. The molecule has 1 unspecified atom stereocenters. The minimum absolute atomic E-state index is 0.0686. The third-order valence-corrected chi connectivity index (χ3v) is 21.8. The molecule has 0 heterocycles. The zero-order valence-corrected chi connectivity index (χ0v) is 30.8. The molecular weight excluding hydrogens is 561 g/mol. The van der Waals surface area contributed by atoms with E-state index in [-0.39, 0.29) is 51.6 Å². The first kappa shape index (κ1) is 35.7. The Morgan fingerprint density at radius 1 is 0.952 bits per heavy atom. The van der Waals surface area contributed by atoms with Crippen molar-refractivity contribution in [3.63, 3.8) is 0 Å². The molecule has 7 atom stereocenters. The molecule has 3 aliphatic carbocycles. The molecule has 42 heavy (non-hydrogen) atoms. The second-order valence-corrected chi connectivity index (χ2v) is 26.9. The maximum Gasteiger partial charge on any atom is 0.191 e. The van der Waals surface area contributed by atoms with Crippen LogP contribution in [-0.4, -0.2) is 63.7 Å². The smallest absolute Gasteiger partial charge is 0.191 e. The van der Waals surface area contributed by atoms with Crippen molar-refractivity contribution in [3.8, 4) is 0 Å². The standard InChI is InChI=1S/C34H62O6Si2/c1-31(2,3)41(9,10)39-21-25-18-29(37)24(20-36)19-34(25,8)27-13-15-33(7)28(17-23(14-16-35)30(33)38)26(27)22-40-42(11,12)32(4,5)6/h14,20,25-29,35-37H,13,15-19,21-22H2,1-12H3/b23-14-,24-20+/t25-,26-,27+,28+,29?,33+,34+/m1/s1. The van der Waals surface area contributed by atoms with Crippen molar-refractivity contribution >= 4 is 22.4 Å². The molecular formula is C34H62O6Si2. The van der Waals surface area contributed by atoms with Crippen molar-refractivity contribution in [3.05, 3.63) is 23.5 Å². The maximum absolute atomic E-state index is 13.7. The molecule has 3 rings (SSSR count). The lowest BCUT2D eigenvalue weighted by molar-refractivity contribution is -0.134. The zero-order chi connectivity index (χ0) is 32.1. The van der Waals surface area contributed by atoms with Crippen molar-refractivity contribution in [2.45, 2.75) is 130 Å². The molecule has 3 fully saturated rings. The molecule has 242 valence electrons. The van der Waals surface area contributed by atoms with Gasteiger partial charge in [0.05, 0.1) is 19.0 Å². The molecule has 0 aromatic carbocycles. The minimum Gasteiger partial charge on any atom is -0.516 e. The van der Waals surface area contributed by atoms with Gasteiger partial charge in [0.1, 0.15) is 0 Å². The lowest BCUT2D eigenvalue weighted by atomic mass is 9.49. The number of aliphatic hydroxyl groups is 3. The molecule has 0 bridgehead atoms. The van der Waals surface area contributed by atoms with Gasteiger partial charge in [0, 0.05) is 18.6 Å². The van der Waals surface area contributed by atoms with Crippen LogP contribution in [0.2, 0.25) is 36.3 Å². The number of rotatable bonds is 8. The molecule has 0 spiro atoms. The third-order valence-electron chi connectivity index (χ3n) is 12.8. The average molecular weight is 623 g/mol. The summed E-state index contributed by atoms with van der Waals surface area (Å²) < 4.78 is 13.8. The number of aliphatic hydroxyl groups excluding tert-OH is 3. The topological polar surface area (TPSA) is 96.2 Å². The van der Waals surface area contributed by atoms with Gasteiger partial charge in [0.25, 0.3) is 0 Å². The molecule has 0 aliphatic heterocycles. The van der Waals surface area contributed by atoms with Crippen LogP contribution in [0.15, 0.2) is 23.5 Å². The minimum atomic E-state index is -2.07. The van der Waals surface area contributed by atoms with Crippen molar-refractivity contribution in [1.29, 1.82) is 0 Å². The summed E-state index contributed by atoms with van der Waals surface area (Å²) in [5, 5.41) is 31.1. The van der Waals surface area contributed by atoms with Gasteiger partial charge in [0.2, 0.25) is 0 Å². The molecule has 0 saturated heterocycles. The highest BCUT2D eigenvalue weighted by molar-refractivity contribution is 6.74. The first-order valence-corrected chi connectivity index (χ1v) is 22.0. The Bertz CT molecular complexity index is 1050. The second kappa shape index (κ2) is 12.2. The quantitative estimate of drug-likeness (QED) is 0.145. The summed E-state index contributed by atoms with van der Waals surface area (Å²) >= 11 is 0. The summed E-state index contributed by atoms with van der Waals surface area (Å²) in [6.07, 6.45) is 5.68. The van der Waals surface area contributed by atoms with E-state index in [0.717, 1.165) is 24.7 Å². The summed E-state index contributed by atoms with van der Waals surface area (Å²) in [7, 11) is -4.10. The van der Waals surface area contributed by atoms with Gasteiger partial charge in [-0.25, -0.2) is 0 Å². The van der Waals surface area contributed by atoms with E-state index in [9.17, 15) is 20.1 Å². The Labute approximate surface area is 258 Å². The van der Waals surface area contributed by atoms with E-state index in [1.54, 1.807) is 6.08 Å². The number of fused-ring (bicyclic) bond motifs is 1. The van der Waals surface area contributed by atoms with Crippen LogP contribution in [0.25, 0.3) is 0 Å². The summed E-state index contributed by atoms with van der Waals surface area (Å²) in [6, 6.07) is 0. The fourth-order valence-electron chi connectivity index (χ4n) is 7.56. The van der Waals surface area contributed by atoms with Crippen LogP contribution in [0.4, 0.5) is 0 Å². The molecule has 3 N–H and O–H groups in total. The fraction of sp³-hybridized carbons (Fsp3) is 0.853. The van der Waals surface area contributed by atoms with Gasteiger partial charge >= 0.3 is 0 Å². The third kappa shape index (κ3) is 6.59. The Morgan fingerprint density at radius 2 is 1.50 bits per heavy atom. The van der Waals surface area contributed by atoms with E-state index in [2.05, 4.69) is 81.6 Å². The molecule has 6 nitrogen and oxygen atoms in total. The SMILES string of the molecule is CC(C)(C)[Si](C)(C)OC[C@@H]1[C@@H]([C@@]2(C)C/C(=C\O)C(O)C[C@@H]2CO[Si](C)(C)C(C)(C)C)CC[C@]2(C)C(=O)/C(=C\CO)C[C@@H]12. The van der Waals surface area contributed by atoms with Crippen molar-refractivity contribution in [2.24, 2.45) is 34.5 Å². The summed E-state index contributed by atoms with van der Waals surface area (Å²) in [5.41, 5.74) is 0.750. The van der Waals surface area contributed by atoms with E-state index in [1.165, 1.54) is 0 Å². The van der Waals surface area contributed by atoms with Crippen molar-refractivity contribution in [1.82, 2.24) is 0 Å². The number of hydrogen-bond donors (Lipinski definition) is 3. The highest BCUT2D eigenvalue weighted by atomic mass is 28.4. The van der Waals surface area contributed by atoms with Gasteiger partial charge < -0.3 is 24.2 Å². The van der Waals surface area contributed by atoms with Crippen LogP contribution >= 0.6 is 0 Å². The highest BCUT2D eigenvalue weighted by Gasteiger charge is 2.60. The van der Waals surface area contributed by atoms with Gasteiger partial charge in [-0.3, -0.25) is 4.79 Å². The highest BCUT2D eigenvalue weighted by Crippen LogP contribution is 2.63. The lowest BCUT2D eigenvalue weighted by Crippen LogP contribution is -2.55. The Hall–Kier alpha value is -0.776. The molecule has 8 heteroatoms. The second-order valence-electron chi connectivity index (χ2n) is 17.3. The Morgan fingerprint density at radius 3 is 2.00 bits per heavy atom. The van der Waals surface area contributed by atoms with Crippen LogP contribution in [0.5, 0.6) is 0 Å².